The van der Waals surface area contributed by atoms with Crippen molar-refractivity contribution in [3.63, 3.8) is 0 Å². The number of aromatic carboxylic acids is 2. The maximum atomic E-state index is 13.2. The van der Waals surface area contributed by atoms with Crippen LogP contribution in [-0.2, 0) is 40.5 Å². The smallest absolute Gasteiger partial charge is 0.335 e. The highest BCUT2D eigenvalue weighted by Crippen LogP contribution is 2.47. The first-order valence-corrected chi connectivity index (χ1v) is 27.9. The molecule has 0 aliphatic heterocycles. The Kier molecular flexibility index (Phi) is 14.8. The molecule has 0 saturated heterocycles. The fourth-order valence-corrected chi connectivity index (χ4v) is 10.6. The summed E-state index contributed by atoms with van der Waals surface area (Å²) in [5, 5.41) is 69.5. The molecule has 0 fully saturated rings. The summed E-state index contributed by atoms with van der Waals surface area (Å²) in [5.74, 6) is -6.04. The van der Waals surface area contributed by atoms with Gasteiger partial charge in [-0.1, -0.05) is 41.7 Å². The normalized spacial score (nSPS) is 12.7. The van der Waals surface area contributed by atoms with Gasteiger partial charge in [-0.05, 0) is 79.6 Å². The van der Waals surface area contributed by atoms with E-state index in [1.54, 1.807) is 18.2 Å². The number of carboxylic acid groups (broad SMARTS) is 2. The van der Waals surface area contributed by atoms with E-state index in [1.165, 1.54) is 43.3 Å². The number of carboxylic acids is 2. The molecular weight excluding hydrogens is 1120 g/mol. The zero-order valence-corrected chi connectivity index (χ0v) is 42.6. The van der Waals surface area contributed by atoms with Crippen LogP contribution in [0.2, 0.25) is 0 Å². The Morgan fingerprint density at radius 3 is 1.94 bits per heavy atom. The third-order valence-corrected chi connectivity index (χ3v) is 15.1. The van der Waals surface area contributed by atoms with E-state index in [0.29, 0.717) is 16.3 Å². The second-order valence-corrected chi connectivity index (χ2v) is 22.8. The van der Waals surface area contributed by atoms with E-state index in [1.807, 2.05) is 0 Å². The van der Waals surface area contributed by atoms with Crippen molar-refractivity contribution in [2.45, 2.75) is 28.0 Å². The van der Waals surface area contributed by atoms with E-state index in [2.05, 4.69) is 40.8 Å². The van der Waals surface area contributed by atoms with Crippen LogP contribution < -0.4 is 4.74 Å². The van der Waals surface area contributed by atoms with Crippen LogP contribution in [0.4, 0.5) is 33.6 Å². The van der Waals surface area contributed by atoms with Gasteiger partial charge in [0.25, 0.3) is 40.5 Å². The number of fused-ring (bicyclic) bond motifs is 2. The maximum Gasteiger partial charge on any atom is 0.335 e. The summed E-state index contributed by atoms with van der Waals surface area (Å²) in [7, 11) is -20.0. The average molecular weight is 1150 g/mol. The maximum absolute atomic E-state index is 13.2. The van der Waals surface area contributed by atoms with Gasteiger partial charge in [-0.3, -0.25) is 18.2 Å². The molecule has 0 atom stereocenters. The molecule has 28 nitrogen and oxygen atoms in total. The monoisotopic (exact) mass is 1150 g/mol. The molecule has 8 rings (SSSR count). The molecule has 0 amide bonds. The lowest BCUT2D eigenvalue weighted by atomic mass is 10.1. The van der Waals surface area contributed by atoms with Gasteiger partial charge in [-0.2, -0.15) is 43.5 Å². The Labute approximate surface area is 436 Å². The minimum atomic E-state index is -5.53. The first kappa shape index (κ1) is 54.7. The van der Waals surface area contributed by atoms with Crippen LogP contribution in [0.25, 0.3) is 37.9 Å². The number of rotatable bonds is 18. The predicted octanol–water partition coefficient (Wildman–Crippen LogP) is 9.06. The minimum absolute atomic E-state index is 0.0356. The van der Waals surface area contributed by atoms with E-state index in [9.17, 15) is 81.9 Å². The second kappa shape index (κ2) is 20.9. The molecule has 8 aromatic rings. The van der Waals surface area contributed by atoms with Gasteiger partial charge in [0, 0.05) is 22.4 Å². The number of aryl methyl sites for hydroxylation is 1. The van der Waals surface area contributed by atoms with Crippen molar-refractivity contribution in [1.82, 2.24) is 14.8 Å². The lowest BCUT2D eigenvalue weighted by molar-refractivity contribution is 0.0696. The van der Waals surface area contributed by atoms with Crippen molar-refractivity contribution in [1.29, 1.82) is 0 Å². The van der Waals surface area contributed by atoms with Gasteiger partial charge in [0.1, 0.15) is 38.3 Å². The molecule has 0 unspecified atom stereocenters. The summed E-state index contributed by atoms with van der Waals surface area (Å²) in [6, 6.07) is 19.1. The number of ether oxygens (including phenoxy) is 1. The molecule has 0 spiro atoms. The molecule has 33 heteroatoms. The van der Waals surface area contributed by atoms with E-state index in [4.69, 9.17) is 4.74 Å². The fraction of sp³-hybridized carbons (Fsp3) is 0.0909. The van der Waals surface area contributed by atoms with Crippen molar-refractivity contribution >= 4 is 118 Å². The van der Waals surface area contributed by atoms with Crippen LogP contribution in [0.15, 0.2) is 142 Å². The number of thiazole rings is 1. The van der Waals surface area contributed by atoms with Gasteiger partial charge in [0.2, 0.25) is 11.0 Å². The summed E-state index contributed by atoms with van der Waals surface area (Å²) < 4.78 is 145. The van der Waals surface area contributed by atoms with Crippen molar-refractivity contribution in [2.24, 2.45) is 30.7 Å². The molecule has 2 aromatic heterocycles. The van der Waals surface area contributed by atoms with Crippen LogP contribution >= 0.6 is 11.3 Å². The number of phenolic OH excluding ortho intramolecular Hbond substituents is 1. The largest absolute Gasteiger partial charge is 0.505 e. The SMILES string of the molecule is Cc1cc(N=Nc2c(S(=O)(=O)O)cc3c(S(=O)(=O)O)c(N=Nc4c(-c5ccccc5)nn(-c5cc(C(=O)O)cc(C(=O)O)c5)c4O)ccc3c2O)c(OCCCS(=O)(=O)O)cc1N=Nc1nc2ccc(S(=O)(=O)O)cc2s1. The molecule has 2 heterocycles. The van der Waals surface area contributed by atoms with Gasteiger partial charge in [-0.25, -0.2) is 14.6 Å². The van der Waals surface area contributed by atoms with E-state index >= 15 is 0 Å². The molecule has 0 aliphatic rings. The highest BCUT2D eigenvalue weighted by molar-refractivity contribution is 7.86. The van der Waals surface area contributed by atoms with Crippen LogP contribution in [-0.4, -0.2) is 111 Å². The van der Waals surface area contributed by atoms with Gasteiger partial charge in [-0.15, -0.1) is 30.7 Å². The number of aromatic hydroxyl groups is 2. The van der Waals surface area contributed by atoms with E-state index in [-0.39, 0.29) is 56.1 Å². The Morgan fingerprint density at radius 2 is 1.31 bits per heavy atom. The third-order valence-electron chi connectivity index (χ3n) is 10.7. The summed E-state index contributed by atoms with van der Waals surface area (Å²) in [6.07, 6.45) is -0.273. The lowest BCUT2D eigenvalue weighted by Gasteiger charge is -2.13. The molecule has 0 radical (unpaired) electrons. The molecule has 0 saturated carbocycles. The van der Waals surface area contributed by atoms with E-state index < -0.39 is 125 Å². The van der Waals surface area contributed by atoms with Crippen LogP contribution in [0.3, 0.4) is 0 Å². The first-order valence-electron chi connectivity index (χ1n) is 21.2. The van der Waals surface area contributed by atoms with Crippen LogP contribution in [0.5, 0.6) is 17.4 Å². The summed E-state index contributed by atoms with van der Waals surface area (Å²) in [4.78, 5) is 25.2. The Hall–Kier alpha value is -8.54. The number of azo groups is 3. The molecule has 77 heavy (non-hydrogen) atoms. The molecule has 0 bridgehead atoms. The molecule has 0 aliphatic carbocycles. The van der Waals surface area contributed by atoms with E-state index in [0.717, 1.165) is 52.4 Å². The highest BCUT2D eigenvalue weighted by Gasteiger charge is 2.29. The van der Waals surface area contributed by atoms with Crippen molar-refractivity contribution in [2.75, 3.05) is 12.4 Å². The third kappa shape index (κ3) is 12.1. The number of carbonyl (C=O) groups is 2. The van der Waals surface area contributed by atoms with Crippen molar-refractivity contribution < 1.29 is 86.6 Å². The van der Waals surface area contributed by atoms with Gasteiger partial charge < -0.3 is 25.2 Å². The Morgan fingerprint density at radius 1 is 0.662 bits per heavy atom. The number of nitrogens with zero attached hydrogens (tertiary/aromatic N) is 9. The van der Waals surface area contributed by atoms with Crippen molar-refractivity contribution in [3.8, 4) is 34.3 Å². The number of phenols is 1. The number of hydrogen-bond acceptors (Lipinski definition) is 22. The number of aromatic nitrogens is 3. The van der Waals surface area contributed by atoms with Gasteiger partial charge >= 0.3 is 11.9 Å². The number of hydrogen-bond donors (Lipinski definition) is 8. The van der Waals surface area contributed by atoms with Gasteiger partial charge in [0.15, 0.2) is 11.4 Å². The Balaban J connectivity index is 1.22. The van der Waals surface area contributed by atoms with Crippen LogP contribution in [0, 0.1) is 6.92 Å². The predicted molar refractivity (Wildman–Crippen MR) is 269 cm³/mol. The molecule has 8 N–H and O–H groups in total. The molecule has 6 aromatic carbocycles. The molecule has 398 valence electrons. The molecular formula is C44H33N9O19S5. The van der Waals surface area contributed by atoms with Gasteiger partial charge in [0.05, 0.1) is 50.0 Å². The zero-order chi connectivity index (χ0) is 55.9. The summed E-state index contributed by atoms with van der Waals surface area (Å²) in [6.45, 7) is 1.11. The zero-order valence-electron chi connectivity index (χ0n) is 38.5. The summed E-state index contributed by atoms with van der Waals surface area (Å²) >= 11 is 0.914. The quantitative estimate of drug-likeness (QED) is 0.0225. The topological polar surface area (TPSA) is 447 Å². The van der Waals surface area contributed by atoms with Crippen molar-refractivity contribution in [3.05, 3.63) is 114 Å². The standard InChI is InChI=1S/C44H33N9O19S5/c1-21-14-32(33(72-12-5-13-74(60,61)62)20-31(21)47-51-44-45-29-10-8-26(75(63,64)65)18-34(29)73-44)48-49-37-35(76(66,67)68)19-28-27(39(37)54)9-11-30(40(28)77(69,70)71)46-50-38-36(22-6-3-2-4-7-22)52-53(41(38)55)25-16-23(42(56)57)15-24(17-25)43(58)59/h2-4,6-11,14-20,54-55H,5,12-13H2,1H3,(H,56,57)(H,58,59)(H,60,61,62)(H,63,64,65)(H,66,67,68)(H,69,70,71). The highest BCUT2D eigenvalue weighted by atomic mass is 32.2. The fourth-order valence-electron chi connectivity index (χ4n) is 7.26. The average Bonchev–Trinajstić information content (AvgIpc) is 3.94. The second-order valence-electron chi connectivity index (χ2n) is 16.0. The Bertz CT molecular complexity index is 4300. The number of benzene rings is 6. The summed E-state index contributed by atoms with van der Waals surface area (Å²) in [5.41, 5.74) is -3.08. The lowest BCUT2D eigenvalue weighted by Crippen LogP contribution is -2.08. The first-order chi connectivity index (χ1) is 36.1. The van der Waals surface area contributed by atoms with Crippen LogP contribution in [0.1, 0.15) is 32.7 Å². The minimum Gasteiger partial charge on any atom is -0.505 e.